The Labute approximate surface area is 121 Å². The maximum Gasteiger partial charge on any atom is 0.0478 e. The van der Waals surface area contributed by atoms with E-state index in [1.165, 1.54) is 22.8 Å². The summed E-state index contributed by atoms with van der Waals surface area (Å²) in [6.45, 7) is 5.77. The van der Waals surface area contributed by atoms with Crippen molar-refractivity contribution in [3.63, 3.8) is 0 Å². The van der Waals surface area contributed by atoms with E-state index in [2.05, 4.69) is 41.5 Å². The van der Waals surface area contributed by atoms with Crippen molar-refractivity contribution >= 4 is 10.8 Å². The van der Waals surface area contributed by atoms with Gasteiger partial charge >= 0.3 is 0 Å². The van der Waals surface area contributed by atoms with Crippen molar-refractivity contribution in [3.05, 3.63) is 42.2 Å². The first kappa shape index (κ1) is 14.9. The van der Waals surface area contributed by atoms with Gasteiger partial charge in [0.15, 0.2) is 0 Å². The molecule has 0 amide bonds. The van der Waals surface area contributed by atoms with E-state index >= 15 is 0 Å². The first-order chi connectivity index (χ1) is 9.92. The molecule has 0 saturated heterocycles. The van der Waals surface area contributed by atoms with Gasteiger partial charge in [0.1, 0.15) is 0 Å². The predicted molar refractivity (Wildman–Crippen MR) is 83.8 cm³/mol. The zero-order valence-electron chi connectivity index (χ0n) is 12.3. The molecule has 1 aromatic carbocycles. The second-order valence-corrected chi connectivity index (χ2v) is 5.02. The van der Waals surface area contributed by atoms with Gasteiger partial charge in [-0.3, -0.25) is 4.98 Å². The van der Waals surface area contributed by atoms with Crippen LogP contribution in [-0.2, 0) is 11.3 Å². The van der Waals surface area contributed by atoms with E-state index in [0.29, 0.717) is 0 Å². The molecule has 0 aliphatic rings. The number of benzene rings is 1. The Kier molecular flexibility index (Phi) is 6.48. The van der Waals surface area contributed by atoms with Crippen LogP contribution in [0.25, 0.3) is 10.8 Å². The highest BCUT2D eigenvalue weighted by Crippen LogP contribution is 2.16. The lowest BCUT2D eigenvalue weighted by Gasteiger charge is -2.08. The number of rotatable bonds is 9. The number of aromatic nitrogens is 1. The van der Waals surface area contributed by atoms with E-state index in [4.69, 9.17) is 4.74 Å². The van der Waals surface area contributed by atoms with Crippen LogP contribution >= 0.6 is 0 Å². The lowest BCUT2D eigenvalue weighted by atomic mass is 10.1. The lowest BCUT2D eigenvalue weighted by Crippen LogP contribution is -2.16. The Bertz CT molecular complexity index is 508. The molecule has 20 heavy (non-hydrogen) atoms. The summed E-state index contributed by atoms with van der Waals surface area (Å²) in [7, 11) is 0. The summed E-state index contributed by atoms with van der Waals surface area (Å²) in [6, 6.07) is 8.39. The summed E-state index contributed by atoms with van der Waals surface area (Å²) in [5.41, 5.74) is 1.26. The molecule has 0 aliphatic heterocycles. The van der Waals surface area contributed by atoms with E-state index in [1.54, 1.807) is 0 Å². The molecule has 3 heteroatoms. The minimum atomic E-state index is 0.848. The van der Waals surface area contributed by atoms with E-state index < -0.39 is 0 Å². The standard InChI is InChI=1S/C17H24N2O/c1-2-3-10-20-11-6-9-18-13-16-14-19-12-15-7-4-5-8-17(15)16/h4-5,7-8,12,14,18H,2-3,6,9-11,13H2,1H3. The highest BCUT2D eigenvalue weighted by molar-refractivity contribution is 5.84. The predicted octanol–water partition coefficient (Wildman–Crippen LogP) is 3.53. The highest BCUT2D eigenvalue weighted by Gasteiger charge is 2.00. The second-order valence-electron chi connectivity index (χ2n) is 5.02. The molecule has 2 aromatic rings. The Morgan fingerprint density at radius 1 is 1.10 bits per heavy atom. The number of nitrogens with zero attached hydrogens (tertiary/aromatic N) is 1. The SMILES string of the molecule is CCCCOCCCNCc1cncc2ccccc12. The molecule has 0 spiro atoms. The monoisotopic (exact) mass is 272 g/mol. The van der Waals surface area contributed by atoms with Gasteiger partial charge in [0.2, 0.25) is 0 Å². The van der Waals surface area contributed by atoms with Gasteiger partial charge in [-0.15, -0.1) is 0 Å². The molecular formula is C17H24N2O. The summed E-state index contributed by atoms with van der Waals surface area (Å²) >= 11 is 0. The second kappa shape index (κ2) is 8.67. The van der Waals surface area contributed by atoms with Crippen molar-refractivity contribution in [2.45, 2.75) is 32.7 Å². The van der Waals surface area contributed by atoms with E-state index in [-0.39, 0.29) is 0 Å². The topological polar surface area (TPSA) is 34.1 Å². The van der Waals surface area contributed by atoms with Gasteiger partial charge < -0.3 is 10.1 Å². The van der Waals surface area contributed by atoms with Crippen molar-refractivity contribution in [1.29, 1.82) is 0 Å². The summed E-state index contributed by atoms with van der Waals surface area (Å²) < 4.78 is 5.54. The van der Waals surface area contributed by atoms with Crippen LogP contribution in [0, 0.1) is 0 Å². The molecule has 2 rings (SSSR count). The van der Waals surface area contributed by atoms with Crippen LogP contribution in [0.5, 0.6) is 0 Å². The van der Waals surface area contributed by atoms with Crippen molar-refractivity contribution < 1.29 is 4.74 Å². The smallest absolute Gasteiger partial charge is 0.0478 e. The van der Waals surface area contributed by atoms with Crippen molar-refractivity contribution in [2.75, 3.05) is 19.8 Å². The van der Waals surface area contributed by atoms with Gasteiger partial charge in [-0.25, -0.2) is 0 Å². The molecule has 0 bridgehead atoms. The third-order valence-corrected chi connectivity index (χ3v) is 3.35. The lowest BCUT2D eigenvalue weighted by molar-refractivity contribution is 0.129. The number of pyridine rings is 1. The Morgan fingerprint density at radius 2 is 1.95 bits per heavy atom. The largest absolute Gasteiger partial charge is 0.381 e. The van der Waals surface area contributed by atoms with Gasteiger partial charge in [-0.2, -0.15) is 0 Å². The Balaban J connectivity index is 1.71. The maximum absolute atomic E-state index is 5.54. The van der Waals surface area contributed by atoms with E-state index in [0.717, 1.165) is 39.1 Å². The van der Waals surface area contributed by atoms with Gasteiger partial charge in [-0.05, 0) is 30.3 Å². The molecule has 3 nitrogen and oxygen atoms in total. The highest BCUT2D eigenvalue weighted by atomic mass is 16.5. The third kappa shape index (κ3) is 4.58. The first-order valence-electron chi connectivity index (χ1n) is 7.52. The van der Waals surface area contributed by atoms with Gasteiger partial charge in [-0.1, -0.05) is 37.6 Å². The quantitative estimate of drug-likeness (QED) is 0.709. The molecule has 1 N–H and O–H groups in total. The number of nitrogens with one attached hydrogen (secondary N) is 1. The molecular weight excluding hydrogens is 248 g/mol. The van der Waals surface area contributed by atoms with Crippen LogP contribution in [0.3, 0.4) is 0 Å². The molecule has 108 valence electrons. The summed E-state index contributed by atoms with van der Waals surface area (Å²) in [4.78, 5) is 4.30. The van der Waals surface area contributed by atoms with Crippen molar-refractivity contribution in [1.82, 2.24) is 10.3 Å². The molecule has 0 aliphatic carbocycles. The van der Waals surface area contributed by atoms with Crippen LogP contribution in [0.15, 0.2) is 36.7 Å². The maximum atomic E-state index is 5.54. The van der Waals surface area contributed by atoms with E-state index in [9.17, 15) is 0 Å². The van der Waals surface area contributed by atoms with Crippen LogP contribution in [0.2, 0.25) is 0 Å². The van der Waals surface area contributed by atoms with Gasteiger partial charge in [0.25, 0.3) is 0 Å². The van der Waals surface area contributed by atoms with Crippen molar-refractivity contribution in [2.24, 2.45) is 0 Å². The average Bonchev–Trinajstić information content (AvgIpc) is 2.50. The average molecular weight is 272 g/mol. The number of unbranched alkanes of at least 4 members (excludes halogenated alkanes) is 1. The molecule has 1 heterocycles. The molecule has 0 unspecified atom stereocenters. The third-order valence-electron chi connectivity index (χ3n) is 3.35. The minimum Gasteiger partial charge on any atom is -0.381 e. The van der Waals surface area contributed by atoms with Crippen LogP contribution in [0.1, 0.15) is 31.7 Å². The van der Waals surface area contributed by atoms with Crippen LogP contribution in [-0.4, -0.2) is 24.7 Å². The number of ether oxygens (including phenoxy) is 1. The number of fused-ring (bicyclic) bond motifs is 1. The summed E-state index contributed by atoms with van der Waals surface area (Å²) in [6.07, 6.45) is 7.29. The number of hydrogen-bond acceptors (Lipinski definition) is 3. The zero-order valence-corrected chi connectivity index (χ0v) is 12.3. The normalized spacial score (nSPS) is 11.1. The van der Waals surface area contributed by atoms with Crippen molar-refractivity contribution in [3.8, 4) is 0 Å². The minimum absolute atomic E-state index is 0.848. The fourth-order valence-corrected chi connectivity index (χ4v) is 2.19. The van der Waals surface area contributed by atoms with Gasteiger partial charge in [0, 0.05) is 37.5 Å². The first-order valence-corrected chi connectivity index (χ1v) is 7.52. The Morgan fingerprint density at radius 3 is 2.85 bits per heavy atom. The Hall–Kier alpha value is -1.45. The molecule has 0 radical (unpaired) electrons. The molecule has 0 fully saturated rings. The van der Waals surface area contributed by atoms with Crippen LogP contribution < -0.4 is 5.32 Å². The molecule has 1 aromatic heterocycles. The summed E-state index contributed by atoms with van der Waals surface area (Å²) in [5, 5.41) is 5.95. The molecule has 0 atom stereocenters. The summed E-state index contributed by atoms with van der Waals surface area (Å²) in [5.74, 6) is 0. The number of hydrogen-bond donors (Lipinski definition) is 1. The van der Waals surface area contributed by atoms with E-state index in [1.807, 2.05) is 12.4 Å². The van der Waals surface area contributed by atoms with Crippen LogP contribution in [0.4, 0.5) is 0 Å². The zero-order chi connectivity index (χ0) is 14.0. The fraction of sp³-hybridized carbons (Fsp3) is 0.471. The molecule has 0 saturated carbocycles. The fourth-order valence-electron chi connectivity index (χ4n) is 2.19. The van der Waals surface area contributed by atoms with Gasteiger partial charge in [0.05, 0.1) is 0 Å².